The van der Waals surface area contributed by atoms with Gasteiger partial charge in [0.25, 0.3) is 0 Å². The molecule has 0 radical (unpaired) electrons. The van der Waals surface area contributed by atoms with Gasteiger partial charge in [-0.05, 0) is 24.3 Å². The van der Waals surface area contributed by atoms with Gasteiger partial charge in [-0.15, -0.1) is 0 Å². The average Bonchev–Trinajstić information content (AvgIpc) is 2.91. The van der Waals surface area contributed by atoms with Crippen molar-refractivity contribution in [2.75, 3.05) is 13.2 Å². The Bertz CT molecular complexity index is 521. The van der Waals surface area contributed by atoms with Crippen LogP contribution in [0.5, 0.6) is 0 Å². The van der Waals surface area contributed by atoms with Crippen LogP contribution in [0.2, 0.25) is 5.02 Å². The molecule has 0 atom stereocenters. The molecule has 1 fully saturated rings. The van der Waals surface area contributed by atoms with Crippen LogP contribution < -0.4 is 0 Å². The number of aromatic nitrogens is 1. The summed E-state index contributed by atoms with van der Waals surface area (Å²) in [4.78, 5) is 4.02. The second-order valence-corrected chi connectivity index (χ2v) is 4.49. The number of benzene rings is 1. The first-order valence-corrected chi connectivity index (χ1v) is 6.13. The lowest BCUT2D eigenvalue weighted by molar-refractivity contribution is -0.129. The van der Waals surface area contributed by atoms with Crippen LogP contribution in [0.15, 0.2) is 48.8 Å². The molecule has 1 aromatic heterocycles. The van der Waals surface area contributed by atoms with Gasteiger partial charge in [-0.2, -0.15) is 0 Å². The molecule has 2 aromatic rings. The van der Waals surface area contributed by atoms with Gasteiger partial charge >= 0.3 is 0 Å². The van der Waals surface area contributed by atoms with Gasteiger partial charge in [0.05, 0.1) is 13.2 Å². The summed E-state index contributed by atoms with van der Waals surface area (Å²) in [6.45, 7) is 1.15. The summed E-state index contributed by atoms with van der Waals surface area (Å²) in [6, 6.07) is 11.3. The monoisotopic (exact) mass is 261 g/mol. The van der Waals surface area contributed by atoms with Gasteiger partial charge in [-0.3, -0.25) is 4.98 Å². The summed E-state index contributed by atoms with van der Waals surface area (Å²) < 4.78 is 11.7. The molecule has 92 valence electrons. The van der Waals surface area contributed by atoms with E-state index in [1.165, 1.54) is 0 Å². The maximum absolute atomic E-state index is 5.92. The quantitative estimate of drug-likeness (QED) is 0.833. The number of ether oxygens (including phenoxy) is 2. The molecule has 0 amide bonds. The van der Waals surface area contributed by atoms with Crippen LogP contribution in [0, 0.1) is 0 Å². The Hall–Kier alpha value is -1.42. The smallest absolute Gasteiger partial charge is 0.222 e. The van der Waals surface area contributed by atoms with E-state index >= 15 is 0 Å². The van der Waals surface area contributed by atoms with E-state index in [0.29, 0.717) is 18.2 Å². The van der Waals surface area contributed by atoms with Crippen LogP contribution in [0.25, 0.3) is 0 Å². The zero-order valence-electron chi connectivity index (χ0n) is 9.67. The summed E-state index contributed by atoms with van der Waals surface area (Å²) in [6.07, 6.45) is 3.47. The Morgan fingerprint density at radius 3 is 2.06 bits per heavy atom. The summed E-state index contributed by atoms with van der Waals surface area (Å²) in [7, 11) is 0. The number of hydrogen-bond acceptors (Lipinski definition) is 3. The van der Waals surface area contributed by atoms with Crippen molar-refractivity contribution in [1.29, 1.82) is 0 Å². The molecule has 4 heteroatoms. The van der Waals surface area contributed by atoms with E-state index in [-0.39, 0.29) is 0 Å². The molecule has 0 saturated carbocycles. The molecule has 1 aliphatic heterocycles. The highest BCUT2D eigenvalue weighted by molar-refractivity contribution is 6.30. The first kappa shape index (κ1) is 11.7. The highest BCUT2D eigenvalue weighted by Gasteiger charge is 2.40. The molecular weight excluding hydrogens is 250 g/mol. The molecule has 1 saturated heterocycles. The fourth-order valence-electron chi connectivity index (χ4n) is 2.15. The van der Waals surface area contributed by atoms with E-state index in [1.54, 1.807) is 12.4 Å². The molecule has 3 rings (SSSR count). The summed E-state index contributed by atoms with van der Waals surface area (Å²) in [5.41, 5.74) is 1.88. The summed E-state index contributed by atoms with van der Waals surface area (Å²) in [5.74, 6) is -0.826. The second kappa shape index (κ2) is 4.69. The van der Waals surface area contributed by atoms with E-state index in [2.05, 4.69) is 4.98 Å². The lowest BCUT2D eigenvalue weighted by Crippen LogP contribution is -2.28. The minimum absolute atomic E-state index is 0.574. The number of halogens is 1. The van der Waals surface area contributed by atoms with Crippen LogP contribution in [0.3, 0.4) is 0 Å². The number of pyridine rings is 1. The summed E-state index contributed by atoms with van der Waals surface area (Å²) >= 11 is 5.92. The zero-order chi connectivity index (χ0) is 12.4. The highest BCUT2D eigenvalue weighted by atomic mass is 35.5. The summed E-state index contributed by atoms with van der Waals surface area (Å²) in [5, 5.41) is 0.696. The zero-order valence-corrected chi connectivity index (χ0v) is 10.4. The number of hydrogen-bond donors (Lipinski definition) is 0. The van der Waals surface area contributed by atoms with E-state index in [0.717, 1.165) is 11.1 Å². The number of nitrogens with zero attached hydrogens (tertiary/aromatic N) is 1. The fraction of sp³-hybridized carbons (Fsp3) is 0.214. The van der Waals surface area contributed by atoms with Gasteiger partial charge < -0.3 is 9.47 Å². The van der Waals surface area contributed by atoms with Gasteiger partial charge in [0.2, 0.25) is 5.79 Å². The van der Waals surface area contributed by atoms with Gasteiger partial charge in [0, 0.05) is 28.5 Å². The Balaban J connectivity index is 2.10. The largest absolute Gasteiger partial charge is 0.340 e. The standard InChI is InChI=1S/C14H12ClNO2/c15-13-3-1-11(2-4-13)14(17-9-10-18-14)12-5-7-16-8-6-12/h1-8H,9-10H2. The topological polar surface area (TPSA) is 31.4 Å². The molecule has 0 bridgehead atoms. The van der Waals surface area contributed by atoms with Crippen molar-refractivity contribution >= 4 is 11.6 Å². The normalized spacial score (nSPS) is 17.8. The third kappa shape index (κ3) is 1.90. The lowest BCUT2D eigenvalue weighted by Gasteiger charge is -2.28. The number of rotatable bonds is 2. The van der Waals surface area contributed by atoms with Crippen molar-refractivity contribution in [1.82, 2.24) is 4.98 Å². The van der Waals surface area contributed by atoms with E-state index in [1.807, 2.05) is 36.4 Å². The highest BCUT2D eigenvalue weighted by Crippen LogP contribution is 2.38. The van der Waals surface area contributed by atoms with Crippen LogP contribution >= 0.6 is 11.6 Å². The van der Waals surface area contributed by atoms with Crippen molar-refractivity contribution in [2.24, 2.45) is 0 Å². The van der Waals surface area contributed by atoms with Crippen molar-refractivity contribution in [3.8, 4) is 0 Å². The maximum atomic E-state index is 5.92. The molecule has 18 heavy (non-hydrogen) atoms. The minimum atomic E-state index is -0.826. The van der Waals surface area contributed by atoms with Crippen LogP contribution in [-0.2, 0) is 15.3 Å². The van der Waals surface area contributed by atoms with Gasteiger partial charge in [-0.25, -0.2) is 0 Å². The predicted molar refractivity (Wildman–Crippen MR) is 68.4 cm³/mol. The molecule has 2 heterocycles. The third-order valence-electron chi connectivity index (χ3n) is 2.98. The van der Waals surface area contributed by atoms with Gasteiger partial charge in [0.1, 0.15) is 0 Å². The van der Waals surface area contributed by atoms with E-state index < -0.39 is 5.79 Å². The Morgan fingerprint density at radius 1 is 0.889 bits per heavy atom. The van der Waals surface area contributed by atoms with Crippen LogP contribution in [0.4, 0.5) is 0 Å². The van der Waals surface area contributed by atoms with Crippen molar-refractivity contribution in [3.63, 3.8) is 0 Å². The van der Waals surface area contributed by atoms with E-state index in [4.69, 9.17) is 21.1 Å². The molecule has 1 aromatic carbocycles. The van der Waals surface area contributed by atoms with Gasteiger partial charge in [-0.1, -0.05) is 23.7 Å². The van der Waals surface area contributed by atoms with Crippen molar-refractivity contribution < 1.29 is 9.47 Å². The lowest BCUT2D eigenvalue weighted by atomic mass is 9.98. The van der Waals surface area contributed by atoms with Gasteiger partial charge in [0.15, 0.2) is 0 Å². The Labute approximate surface area is 110 Å². The maximum Gasteiger partial charge on any atom is 0.222 e. The minimum Gasteiger partial charge on any atom is -0.340 e. The SMILES string of the molecule is Clc1ccc(C2(c3ccncc3)OCCO2)cc1. The Kier molecular flexibility index (Phi) is 3.04. The molecule has 0 N–H and O–H groups in total. The van der Waals surface area contributed by atoms with Crippen LogP contribution in [-0.4, -0.2) is 18.2 Å². The molecular formula is C14H12ClNO2. The van der Waals surface area contributed by atoms with Crippen molar-refractivity contribution in [3.05, 3.63) is 64.9 Å². The molecule has 0 spiro atoms. The molecule has 0 unspecified atom stereocenters. The van der Waals surface area contributed by atoms with Crippen LogP contribution in [0.1, 0.15) is 11.1 Å². The first-order valence-electron chi connectivity index (χ1n) is 5.76. The molecule has 0 aliphatic carbocycles. The fourth-order valence-corrected chi connectivity index (χ4v) is 2.28. The Morgan fingerprint density at radius 2 is 1.44 bits per heavy atom. The first-order chi connectivity index (χ1) is 8.81. The molecule has 1 aliphatic rings. The van der Waals surface area contributed by atoms with Crippen molar-refractivity contribution in [2.45, 2.75) is 5.79 Å². The third-order valence-corrected chi connectivity index (χ3v) is 3.23. The second-order valence-electron chi connectivity index (χ2n) is 4.06. The predicted octanol–water partition coefficient (Wildman–Crippen LogP) is 2.98. The van der Waals surface area contributed by atoms with E-state index in [9.17, 15) is 0 Å². The molecule has 3 nitrogen and oxygen atoms in total. The average molecular weight is 262 g/mol.